The van der Waals surface area contributed by atoms with Gasteiger partial charge in [-0.1, -0.05) is 30.3 Å². The van der Waals surface area contributed by atoms with Gasteiger partial charge in [-0.2, -0.15) is 5.10 Å². The molecule has 5 rings (SSSR count). The molecule has 3 aromatic carbocycles. The standard InChI is InChI=1S/C23H17F3N2O2/c1-29-21-4-2-3-16-20-12-19(13-5-8-15(24)9-6-13)27-28(20)23(30-22(16)21)14-7-10-17(25)18(26)11-14/h2-11,20,23H,12H2,1H3. The van der Waals surface area contributed by atoms with Crippen molar-refractivity contribution in [2.75, 3.05) is 7.11 Å². The number of nitrogens with zero attached hydrogens (tertiary/aromatic N) is 2. The second kappa shape index (κ2) is 7.09. The van der Waals surface area contributed by atoms with Crippen molar-refractivity contribution in [1.29, 1.82) is 0 Å². The van der Waals surface area contributed by atoms with Crippen LogP contribution in [0.4, 0.5) is 13.2 Å². The zero-order valence-electron chi connectivity index (χ0n) is 16.0. The SMILES string of the molecule is COc1cccc2c1OC(c1ccc(F)c(F)c1)N1N=C(c3ccc(F)cc3)CC21. The fraction of sp³-hybridized carbons (Fsp3) is 0.174. The minimum Gasteiger partial charge on any atom is -0.493 e. The Bertz CT molecular complexity index is 1150. The Morgan fingerprint density at radius 1 is 1.00 bits per heavy atom. The molecule has 0 fully saturated rings. The van der Waals surface area contributed by atoms with Crippen LogP contribution in [0.25, 0.3) is 0 Å². The topological polar surface area (TPSA) is 34.1 Å². The number of halogens is 3. The summed E-state index contributed by atoms with van der Waals surface area (Å²) in [5.41, 5.74) is 2.86. The Morgan fingerprint density at radius 3 is 2.53 bits per heavy atom. The molecule has 0 aliphatic carbocycles. The predicted molar refractivity (Wildman–Crippen MR) is 105 cm³/mol. The van der Waals surface area contributed by atoms with E-state index in [1.54, 1.807) is 30.3 Å². The van der Waals surface area contributed by atoms with Crippen molar-refractivity contribution < 1.29 is 22.6 Å². The summed E-state index contributed by atoms with van der Waals surface area (Å²) in [5.74, 6) is -1.11. The lowest BCUT2D eigenvalue weighted by Gasteiger charge is -2.38. The number of rotatable bonds is 3. The van der Waals surface area contributed by atoms with Gasteiger partial charge in [-0.25, -0.2) is 18.2 Å². The molecule has 0 aromatic heterocycles. The smallest absolute Gasteiger partial charge is 0.214 e. The molecule has 0 saturated carbocycles. The van der Waals surface area contributed by atoms with Crippen LogP contribution in [0.2, 0.25) is 0 Å². The van der Waals surface area contributed by atoms with Gasteiger partial charge in [0.15, 0.2) is 23.1 Å². The maximum absolute atomic E-state index is 14.0. The van der Waals surface area contributed by atoms with Crippen LogP contribution >= 0.6 is 0 Å². The van der Waals surface area contributed by atoms with Crippen LogP contribution in [0.3, 0.4) is 0 Å². The third-order valence-corrected chi connectivity index (χ3v) is 5.41. The molecule has 2 aliphatic rings. The van der Waals surface area contributed by atoms with Crippen LogP contribution < -0.4 is 9.47 Å². The zero-order valence-corrected chi connectivity index (χ0v) is 16.0. The first kappa shape index (κ1) is 18.5. The van der Waals surface area contributed by atoms with Crippen LogP contribution in [-0.4, -0.2) is 17.8 Å². The summed E-state index contributed by atoms with van der Waals surface area (Å²) < 4.78 is 52.5. The lowest BCUT2D eigenvalue weighted by Crippen LogP contribution is -2.34. The average molecular weight is 410 g/mol. The zero-order chi connectivity index (χ0) is 20.8. The van der Waals surface area contributed by atoms with E-state index in [1.807, 2.05) is 12.1 Å². The monoisotopic (exact) mass is 410 g/mol. The van der Waals surface area contributed by atoms with Crippen molar-refractivity contribution in [3.63, 3.8) is 0 Å². The maximum Gasteiger partial charge on any atom is 0.214 e. The van der Waals surface area contributed by atoms with E-state index in [4.69, 9.17) is 14.6 Å². The van der Waals surface area contributed by atoms with E-state index in [9.17, 15) is 13.2 Å². The quantitative estimate of drug-likeness (QED) is 0.583. The second-order valence-electron chi connectivity index (χ2n) is 7.18. The van der Waals surface area contributed by atoms with E-state index in [0.29, 0.717) is 23.5 Å². The molecular formula is C23H17F3N2O2. The molecule has 0 bridgehead atoms. The van der Waals surface area contributed by atoms with Gasteiger partial charge in [-0.05, 0) is 35.9 Å². The Morgan fingerprint density at radius 2 is 1.80 bits per heavy atom. The fourth-order valence-corrected chi connectivity index (χ4v) is 3.95. The first-order chi connectivity index (χ1) is 14.5. The molecule has 2 heterocycles. The molecule has 0 spiro atoms. The number of para-hydroxylation sites is 1. The molecule has 4 nitrogen and oxygen atoms in total. The van der Waals surface area contributed by atoms with Crippen LogP contribution in [0.15, 0.2) is 65.8 Å². The highest BCUT2D eigenvalue weighted by atomic mass is 19.2. The molecule has 30 heavy (non-hydrogen) atoms. The molecule has 2 atom stereocenters. The molecule has 2 aliphatic heterocycles. The number of hydrogen-bond acceptors (Lipinski definition) is 4. The van der Waals surface area contributed by atoms with Gasteiger partial charge in [-0.3, -0.25) is 0 Å². The third-order valence-electron chi connectivity index (χ3n) is 5.41. The highest BCUT2D eigenvalue weighted by molar-refractivity contribution is 6.02. The van der Waals surface area contributed by atoms with Crippen molar-refractivity contribution in [2.24, 2.45) is 5.10 Å². The van der Waals surface area contributed by atoms with Gasteiger partial charge < -0.3 is 9.47 Å². The van der Waals surface area contributed by atoms with Crippen LogP contribution in [0, 0.1) is 17.5 Å². The summed E-state index contributed by atoms with van der Waals surface area (Å²) in [4.78, 5) is 0. The number of hydrogen-bond donors (Lipinski definition) is 0. The Kier molecular flexibility index (Phi) is 4.38. The molecule has 0 amide bonds. The minimum absolute atomic E-state index is 0.193. The van der Waals surface area contributed by atoms with Crippen LogP contribution in [0.5, 0.6) is 11.5 Å². The van der Waals surface area contributed by atoms with Gasteiger partial charge in [-0.15, -0.1) is 0 Å². The molecule has 0 saturated heterocycles. The molecular weight excluding hydrogens is 393 g/mol. The number of benzene rings is 3. The van der Waals surface area contributed by atoms with Gasteiger partial charge in [0.25, 0.3) is 0 Å². The van der Waals surface area contributed by atoms with Crippen molar-refractivity contribution in [3.05, 3.63) is 94.8 Å². The van der Waals surface area contributed by atoms with E-state index in [2.05, 4.69) is 0 Å². The average Bonchev–Trinajstić information content (AvgIpc) is 3.21. The van der Waals surface area contributed by atoms with Crippen LogP contribution in [0.1, 0.15) is 35.4 Å². The molecule has 0 N–H and O–H groups in total. The van der Waals surface area contributed by atoms with Crippen molar-refractivity contribution in [3.8, 4) is 11.5 Å². The van der Waals surface area contributed by atoms with Gasteiger partial charge in [0, 0.05) is 17.5 Å². The van der Waals surface area contributed by atoms with E-state index < -0.39 is 17.9 Å². The summed E-state index contributed by atoms with van der Waals surface area (Å²) >= 11 is 0. The maximum atomic E-state index is 14.0. The normalized spacial score (nSPS) is 19.6. The Balaban J connectivity index is 1.62. The molecule has 0 radical (unpaired) electrons. The number of fused-ring (bicyclic) bond motifs is 3. The van der Waals surface area contributed by atoms with Crippen molar-refractivity contribution in [2.45, 2.75) is 18.7 Å². The van der Waals surface area contributed by atoms with Crippen molar-refractivity contribution in [1.82, 2.24) is 5.01 Å². The minimum atomic E-state index is -0.958. The molecule has 3 aromatic rings. The molecule has 2 unspecified atom stereocenters. The third kappa shape index (κ3) is 2.98. The van der Waals surface area contributed by atoms with E-state index in [0.717, 1.165) is 29.0 Å². The summed E-state index contributed by atoms with van der Waals surface area (Å²) in [6, 6.07) is 15.2. The Hall–Kier alpha value is -3.48. The molecule has 7 heteroatoms. The van der Waals surface area contributed by atoms with E-state index in [-0.39, 0.29) is 11.9 Å². The lowest BCUT2D eigenvalue weighted by atomic mass is 9.95. The lowest BCUT2D eigenvalue weighted by molar-refractivity contribution is -0.0211. The number of methoxy groups -OCH3 is 1. The highest BCUT2D eigenvalue weighted by Crippen LogP contribution is 2.50. The number of hydrazone groups is 1. The predicted octanol–water partition coefficient (Wildman–Crippen LogP) is 5.35. The highest BCUT2D eigenvalue weighted by Gasteiger charge is 2.42. The van der Waals surface area contributed by atoms with E-state index in [1.165, 1.54) is 18.2 Å². The first-order valence-electron chi connectivity index (χ1n) is 9.45. The summed E-state index contributed by atoms with van der Waals surface area (Å²) in [7, 11) is 1.55. The summed E-state index contributed by atoms with van der Waals surface area (Å²) in [6.07, 6.45) is -0.221. The second-order valence-corrected chi connectivity index (χ2v) is 7.18. The first-order valence-corrected chi connectivity index (χ1v) is 9.45. The van der Waals surface area contributed by atoms with Gasteiger partial charge in [0.05, 0.1) is 18.9 Å². The fourth-order valence-electron chi connectivity index (χ4n) is 3.95. The van der Waals surface area contributed by atoms with Crippen LogP contribution in [-0.2, 0) is 0 Å². The summed E-state index contributed by atoms with van der Waals surface area (Å²) in [5, 5.41) is 6.46. The van der Waals surface area contributed by atoms with Gasteiger partial charge in [0.2, 0.25) is 6.23 Å². The van der Waals surface area contributed by atoms with E-state index >= 15 is 0 Å². The van der Waals surface area contributed by atoms with Gasteiger partial charge in [0.1, 0.15) is 5.82 Å². The Labute approximate surface area is 171 Å². The molecule has 152 valence electrons. The van der Waals surface area contributed by atoms with Crippen molar-refractivity contribution >= 4 is 5.71 Å². The number of ether oxygens (including phenoxy) is 2. The largest absolute Gasteiger partial charge is 0.493 e. The van der Waals surface area contributed by atoms with Gasteiger partial charge >= 0.3 is 0 Å². The summed E-state index contributed by atoms with van der Waals surface area (Å²) in [6.45, 7) is 0.